The molecule has 0 spiro atoms. The minimum atomic E-state index is -0.828. The van der Waals surface area contributed by atoms with E-state index in [1.54, 1.807) is 6.07 Å². The monoisotopic (exact) mass is 379 g/mol. The van der Waals surface area contributed by atoms with Crippen molar-refractivity contribution in [3.8, 4) is 5.75 Å². The van der Waals surface area contributed by atoms with E-state index in [-0.39, 0.29) is 0 Å². The zero-order chi connectivity index (χ0) is 17.6. The van der Waals surface area contributed by atoms with Gasteiger partial charge in [0.05, 0.1) is 5.92 Å². The van der Waals surface area contributed by atoms with E-state index >= 15 is 0 Å². The number of carbonyl (C=O) groups is 1. The maximum atomic E-state index is 11.7. The number of carboxylic acid groups (broad SMARTS) is 1. The predicted octanol–water partition coefficient (Wildman–Crippen LogP) is 4.29. The minimum Gasteiger partial charge on any atom is -0.492 e. The summed E-state index contributed by atoms with van der Waals surface area (Å²) in [5.41, 5.74) is 0.842. The predicted molar refractivity (Wildman–Crippen MR) is 101 cm³/mol. The van der Waals surface area contributed by atoms with Gasteiger partial charge in [-0.05, 0) is 67.6 Å². The molecule has 1 saturated heterocycles. The molecule has 0 bridgehead atoms. The molecule has 0 saturated carbocycles. The number of nitrogens with zero attached hydrogens (tertiary/aromatic N) is 1. The van der Waals surface area contributed by atoms with Crippen molar-refractivity contribution in [1.82, 2.24) is 4.90 Å². The lowest BCUT2D eigenvalue weighted by Gasteiger charge is -2.18. The molecule has 1 aromatic heterocycles. The van der Waals surface area contributed by atoms with Crippen LogP contribution in [0.15, 0.2) is 35.7 Å². The fourth-order valence-electron chi connectivity index (χ4n) is 3.16. The van der Waals surface area contributed by atoms with E-state index in [4.69, 9.17) is 16.3 Å². The number of benzene rings is 1. The second kappa shape index (κ2) is 8.70. The van der Waals surface area contributed by atoms with Gasteiger partial charge in [-0.3, -0.25) is 9.69 Å². The Balaban J connectivity index is 1.70. The smallest absolute Gasteiger partial charge is 0.312 e. The van der Waals surface area contributed by atoms with Crippen LogP contribution in [0, 0.1) is 0 Å². The van der Waals surface area contributed by atoms with E-state index < -0.39 is 11.9 Å². The molecule has 1 N–H and O–H groups in total. The van der Waals surface area contributed by atoms with Crippen LogP contribution in [0.2, 0.25) is 5.02 Å². The quantitative estimate of drug-likeness (QED) is 0.743. The Labute approximate surface area is 157 Å². The standard InChI is InChI=1S/C19H22ClNO3S/c20-15-5-6-17(24-10-9-21-7-1-2-8-21)14(12-15)13-16(19(22)23)18-4-3-11-25-18/h3-6,11-12,16H,1-2,7-10,13H2,(H,22,23). The summed E-state index contributed by atoms with van der Waals surface area (Å²) in [6.45, 7) is 3.77. The molecule has 3 rings (SSSR count). The van der Waals surface area contributed by atoms with E-state index in [0.29, 0.717) is 18.1 Å². The number of aliphatic carboxylic acids is 1. The Morgan fingerprint density at radius 3 is 2.80 bits per heavy atom. The van der Waals surface area contributed by atoms with Crippen molar-refractivity contribution in [2.75, 3.05) is 26.2 Å². The van der Waals surface area contributed by atoms with Gasteiger partial charge < -0.3 is 9.84 Å². The zero-order valence-corrected chi connectivity index (χ0v) is 15.6. The number of rotatable bonds is 8. The second-order valence-corrected chi connectivity index (χ2v) is 7.68. The fraction of sp³-hybridized carbons (Fsp3) is 0.421. The fourth-order valence-corrected chi connectivity index (χ4v) is 4.17. The van der Waals surface area contributed by atoms with Crippen molar-refractivity contribution in [3.63, 3.8) is 0 Å². The highest BCUT2D eigenvalue weighted by Crippen LogP contribution is 2.31. The molecule has 1 aromatic carbocycles. The molecule has 1 atom stereocenters. The summed E-state index contributed by atoms with van der Waals surface area (Å²) in [6.07, 6.45) is 2.88. The lowest BCUT2D eigenvalue weighted by Crippen LogP contribution is -2.25. The number of thiophene rings is 1. The van der Waals surface area contributed by atoms with Crippen LogP contribution < -0.4 is 4.74 Å². The third-order valence-corrected chi connectivity index (χ3v) is 5.72. The van der Waals surface area contributed by atoms with Gasteiger partial charge in [-0.1, -0.05) is 17.7 Å². The van der Waals surface area contributed by atoms with Gasteiger partial charge in [-0.15, -0.1) is 11.3 Å². The Bertz CT molecular complexity index is 699. The van der Waals surface area contributed by atoms with Crippen molar-refractivity contribution < 1.29 is 14.6 Å². The first-order valence-corrected chi connectivity index (χ1v) is 9.79. The molecule has 1 aliphatic heterocycles. The number of hydrogen-bond acceptors (Lipinski definition) is 4. The topological polar surface area (TPSA) is 49.8 Å². The average molecular weight is 380 g/mol. The molecule has 1 fully saturated rings. The van der Waals surface area contributed by atoms with Crippen LogP contribution in [0.3, 0.4) is 0 Å². The summed E-state index contributed by atoms with van der Waals surface area (Å²) >= 11 is 7.60. The van der Waals surface area contributed by atoms with E-state index in [1.807, 2.05) is 29.6 Å². The first-order chi connectivity index (χ1) is 12.1. The maximum absolute atomic E-state index is 11.7. The molecule has 134 valence electrons. The highest BCUT2D eigenvalue weighted by molar-refractivity contribution is 7.10. The average Bonchev–Trinajstić information content (AvgIpc) is 3.27. The van der Waals surface area contributed by atoms with Crippen molar-refractivity contribution in [3.05, 3.63) is 51.2 Å². The van der Waals surface area contributed by atoms with Crippen molar-refractivity contribution >= 4 is 28.9 Å². The minimum absolute atomic E-state index is 0.370. The molecular formula is C19H22ClNO3S. The molecule has 0 amide bonds. The van der Waals surface area contributed by atoms with Gasteiger partial charge in [0.15, 0.2) is 0 Å². The van der Waals surface area contributed by atoms with Gasteiger partial charge >= 0.3 is 5.97 Å². The summed E-state index contributed by atoms with van der Waals surface area (Å²) in [7, 11) is 0. The van der Waals surface area contributed by atoms with Gasteiger partial charge in [0.25, 0.3) is 0 Å². The zero-order valence-electron chi connectivity index (χ0n) is 14.0. The molecule has 4 nitrogen and oxygen atoms in total. The van der Waals surface area contributed by atoms with Gasteiger partial charge in [0.1, 0.15) is 12.4 Å². The molecule has 0 aliphatic carbocycles. The molecule has 2 aromatic rings. The third kappa shape index (κ3) is 4.97. The SMILES string of the molecule is O=C(O)C(Cc1cc(Cl)ccc1OCCN1CCCC1)c1cccs1. The lowest BCUT2D eigenvalue weighted by atomic mass is 9.97. The highest BCUT2D eigenvalue weighted by atomic mass is 35.5. The number of ether oxygens (including phenoxy) is 1. The van der Waals surface area contributed by atoms with Crippen LogP contribution in [-0.2, 0) is 11.2 Å². The Kier molecular flexibility index (Phi) is 6.34. The Hall–Kier alpha value is -1.56. The van der Waals surface area contributed by atoms with Crippen LogP contribution in [0.4, 0.5) is 0 Å². The van der Waals surface area contributed by atoms with E-state index in [1.165, 1.54) is 24.2 Å². The Morgan fingerprint density at radius 1 is 1.32 bits per heavy atom. The summed E-state index contributed by atoms with van der Waals surface area (Å²) in [5.74, 6) is -0.684. The van der Waals surface area contributed by atoms with Gasteiger partial charge in [0, 0.05) is 16.4 Å². The third-order valence-electron chi connectivity index (χ3n) is 4.50. The van der Waals surface area contributed by atoms with Crippen molar-refractivity contribution in [2.45, 2.75) is 25.2 Å². The lowest BCUT2D eigenvalue weighted by molar-refractivity contribution is -0.138. The second-order valence-electron chi connectivity index (χ2n) is 6.26. The van der Waals surface area contributed by atoms with Gasteiger partial charge in [0.2, 0.25) is 0 Å². The van der Waals surface area contributed by atoms with Crippen LogP contribution in [0.25, 0.3) is 0 Å². The summed E-state index contributed by atoms with van der Waals surface area (Å²) in [5, 5.41) is 12.1. The molecule has 1 unspecified atom stereocenters. The first-order valence-electron chi connectivity index (χ1n) is 8.53. The van der Waals surface area contributed by atoms with Crippen LogP contribution in [0.1, 0.15) is 29.2 Å². The number of likely N-dealkylation sites (tertiary alicyclic amines) is 1. The van der Waals surface area contributed by atoms with E-state index in [2.05, 4.69) is 4.90 Å². The molecule has 2 heterocycles. The van der Waals surface area contributed by atoms with Crippen LogP contribution >= 0.6 is 22.9 Å². The normalized spacial score (nSPS) is 16.0. The highest BCUT2D eigenvalue weighted by Gasteiger charge is 2.23. The van der Waals surface area contributed by atoms with Crippen molar-refractivity contribution in [1.29, 1.82) is 0 Å². The van der Waals surface area contributed by atoms with Crippen LogP contribution in [-0.4, -0.2) is 42.2 Å². The Morgan fingerprint density at radius 2 is 2.12 bits per heavy atom. The number of halogens is 1. The largest absolute Gasteiger partial charge is 0.492 e. The molecule has 1 aliphatic rings. The maximum Gasteiger partial charge on any atom is 0.312 e. The van der Waals surface area contributed by atoms with Gasteiger partial charge in [-0.25, -0.2) is 0 Å². The van der Waals surface area contributed by atoms with Gasteiger partial charge in [-0.2, -0.15) is 0 Å². The first kappa shape index (κ1) is 18.2. The molecule has 25 heavy (non-hydrogen) atoms. The van der Waals surface area contributed by atoms with Crippen LogP contribution in [0.5, 0.6) is 5.75 Å². The van der Waals surface area contributed by atoms with E-state index in [0.717, 1.165) is 35.8 Å². The number of carboxylic acids is 1. The molecule has 6 heteroatoms. The molecule has 0 radical (unpaired) electrons. The summed E-state index contributed by atoms with van der Waals surface area (Å²) in [4.78, 5) is 14.9. The van der Waals surface area contributed by atoms with E-state index in [9.17, 15) is 9.90 Å². The number of hydrogen-bond donors (Lipinski definition) is 1. The van der Waals surface area contributed by atoms with Crippen molar-refractivity contribution in [2.24, 2.45) is 0 Å². The molecular weight excluding hydrogens is 358 g/mol. The summed E-state index contributed by atoms with van der Waals surface area (Å²) in [6, 6.07) is 9.19. The summed E-state index contributed by atoms with van der Waals surface area (Å²) < 4.78 is 5.96.